The third-order valence-electron chi connectivity index (χ3n) is 3.11. The topological polar surface area (TPSA) is 94.3 Å². The molecule has 0 spiro atoms. The highest BCUT2D eigenvalue weighted by atomic mass is 32.2. The Morgan fingerprint density at radius 3 is 2.84 bits per heavy atom. The summed E-state index contributed by atoms with van der Waals surface area (Å²) in [5.74, 6) is 0. The van der Waals surface area contributed by atoms with Crippen molar-refractivity contribution in [1.29, 1.82) is 0 Å². The molecule has 1 aliphatic carbocycles. The van der Waals surface area contributed by atoms with Crippen molar-refractivity contribution in [3.8, 4) is 0 Å². The summed E-state index contributed by atoms with van der Waals surface area (Å²) in [5, 5.41) is -0.129. The highest BCUT2D eigenvalue weighted by Gasteiger charge is 2.19. The number of hydrogen-bond donors (Lipinski definition) is 2. The quantitative estimate of drug-likeness (QED) is 0.757. The van der Waals surface area contributed by atoms with E-state index in [0.717, 1.165) is 12.8 Å². The first kappa shape index (κ1) is 14.2. The van der Waals surface area contributed by atoms with Crippen molar-refractivity contribution in [2.75, 3.05) is 18.9 Å². The summed E-state index contributed by atoms with van der Waals surface area (Å²) in [5.41, 5.74) is 5.74. The second kappa shape index (κ2) is 6.31. The number of nitrogens with two attached hydrogens (primary N) is 1. The average molecular weight is 285 g/mol. The van der Waals surface area contributed by atoms with Gasteiger partial charge < -0.3 is 10.5 Å². The Hall–Kier alpha value is -1.18. The maximum Gasteiger partial charge on any atom is 0.260 e. The Kier molecular flexibility index (Phi) is 4.73. The Labute approximate surface area is 113 Å². The normalized spacial score (nSPS) is 16.8. The summed E-state index contributed by atoms with van der Waals surface area (Å²) in [7, 11) is -3.65. The van der Waals surface area contributed by atoms with E-state index in [1.54, 1.807) is 6.07 Å². The largest absolute Gasteiger partial charge is 0.396 e. The first-order chi connectivity index (χ1) is 9.09. The molecule has 1 fully saturated rings. The van der Waals surface area contributed by atoms with E-state index in [1.807, 2.05) is 0 Å². The van der Waals surface area contributed by atoms with Gasteiger partial charge in [0.2, 0.25) is 0 Å². The molecule has 1 heterocycles. The summed E-state index contributed by atoms with van der Waals surface area (Å²) in [6.45, 7) is 0.603. The molecule has 1 aromatic heterocycles. The SMILES string of the molecule is Nc1cccnc1S(=O)(=O)NCCOC1CCCC1. The lowest BCUT2D eigenvalue weighted by molar-refractivity contribution is 0.0626. The second-order valence-electron chi connectivity index (χ2n) is 4.57. The molecule has 0 atom stereocenters. The van der Waals surface area contributed by atoms with E-state index < -0.39 is 10.0 Å². The van der Waals surface area contributed by atoms with Crippen LogP contribution < -0.4 is 10.5 Å². The molecule has 1 aliphatic rings. The van der Waals surface area contributed by atoms with Crippen molar-refractivity contribution in [3.05, 3.63) is 18.3 Å². The van der Waals surface area contributed by atoms with Gasteiger partial charge >= 0.3 is 0 Å². The summed E-state index contributed by atoms with van der Waals surface area (Å²) in [6, 6.07) is 3.11. The maximum absolute atomic E-state index is 11.9. The molecule has 1 aromatic rings. The van der Waals surface area contributed by atoms with Crippen molar-refractivity contribution >= 4 is 15.7 Å². The molecule has 2 rings (SSSR count). The van der Waals surface area contributed by atoms with Gasteiger partial charge in [0.15, 0.2) is 5.03 Å². The maximum atomic E-state index is 11.9. The van der Waals surface area contributed by atoms with Crippen LogP contribution in [0.5, 0.6) is 0 Å². The fourth-order valence-corrected chi connectivity index (χ4v) is 3.22. The molecular weight excluding hydrogens is 266 g/mol. The van der Waals surface area contributed by atoms with Crippen molar-refractivity contribution in [3.63, 3.8) is 0 Å². The number of pyridine rings is 1. The van der Waals surface area contributed by atoms with Crippen LogP contribution in [0.25, 0.3) is 0 Å². The van der Waals surface area contributed by atoms with E-state index in [0.29, 0.717) is 6.61 Å². The molecule has 0 aliphatic heterocycles. The summed E-state index contributed by atoms with van der Waals surface area (Å²) in [4.78, 5) is 3.79. The molecule has 0 bridgehead atoms. The van der Waals surface area contributed by atoms with Gasteiger partial charge in [0, 0.05) is 12.7 Å². The van der Waals surface area contributed by atoms with Crippen LogP contribution in [0.15, 0.2) is 23.4 Å². The molecule has 1 saturated carbocycles. The number of rotatable bonds is 6. The standard InChI is InChI=1S/C12H19N3O3S/c13-11-6-3-7-14-12(11)19(16,17)15-8-9-18-10-4-1-2-5-10/h3,6-7,10,15H,1-2,4-5,8-9,13H2. The van der Waals surface area contributed by atoms with Crippen molar-refractivity contribution < 1.29 is 13.2 Å². The highest BCUT2D eigenvalue weighted by Crippen LogP contribution is 2.20. The number of nitrogen functional groups attached to an aromatic ring is 1. The first-order valence-electron chi connectivity index (χ1n) is 6.41. The van der Waals surface area contributed by atoms with Crippen molar-refractivity contribution in [1.82, 2.24) is 9.71 Å². The lowest BCUT2D eigenvalue weighted by Crippen LogP contribution is -2.29. The van der Waals surface area contributed by atoms with Crippen LogP contribution in [-0.4, -0.2) is 32.7 Å². The van der Waals surface area contributed by atoms with Crippen LogP contribution in [0, 0.1) is 0 Å². The Morgan fingerprint density at radius 2 is 2.16 bits per heavy atom. The zero-order valence-electron chi connectivity index (χ0n) is 10.7. The van der Waals surface area contributed by atoms with E-state index in [-0.39, 0.29) is 23.4 Å². The summed E-state index contributed by atoms with van der Waals surface area (Å²) < 4.78 is 31.9. The Balaban J connectivity index is 1.82. The van der Waals surface area contributed by atoms with Gasteiger partial charge in [-0.3, -0.25) is 0 Å². The van der Waals surface area contributed by atoms with Gasteiger partial charge in [0.05, 0.1) is 18.4 Å². The molecule has 6 nitrogen and oxygen atoms in total. The summed E-state index contributed by atoms with van der Waals surface area (Å²) >= 11 is 0. The molecule has 0 amide bonds. The Bertz CT molecular complexity index is 513. The number of nitrogens with one attached hydrogen (secondary N) is 1. The van der Waals surface area contributed by atoms with E-state index in [1.165, 1.54) is 25.1 Å². The number of hydrogen-bond acceptors (Lipinski definition) is 5. The van der Waals surface area contributed by atoms with Crippen molar-refractivity contribution in [2.45, 2.75) is 36.8 Å². The minimum Gasteiger partial charge on any atom is -0.396 e. The molecule has 19 heavy (non-hydrogen) atoms. The van der Waals surface area contributed by atoms with Gasteiger partial charge in [-0.05, 0) is 25.0 Å². The van der Waals surface area contributed by atoms with E-state index in [9.17, 15) is 8.42 Å². The average Bonchev–Trinajstić information content (AvgIpc) is 2.88. The van der Waals surface area contributed by atoms with E-state index in [4.69, 9.17) is 10.5 Å². The van der Waals surface area contributed by atoms with Crippen LogP contribution in [0.2, 0.25) is 0 Å². The van der Waals surface area contributed by atoms with Gasteiger partial charge in [0.25, 0.3) is 10.0 Å². The van der Waals surface area contributed by atoms with Gasteiger partial charge in [-0.15, -0.1) is 0 Å². The molecule has 106 valence electrons. The zero-order chi connectivity index (χ0) is 13.7. The molecule has 0 unspecified atom stereocenters. The summed E-state index contributed by atoms with van der Waals surface area (Å²) in [6.07, 6.45) is 6.21. The fourth-order valence-electron chi connectivity index (χ4n) is 2.15. The number of nitrogens with zero attached hydrogens (tertiary/aromatic N) is 1. The van der Waals surface area contributed by atoms with Crippen LogP contribution in [0.4, 0.5) is 5.69 Å². The van der Waals surface area contributed by atoms with E-state index >= 15 is 0 Å². The smallest absolute Gasteiger partial charge is 0.260 e. The lowest BCUT2D eigenvalue weighted by Gasteiger charge is -2.12. The van der Waals surface area contributed by atoms with Crippen LogP contribution in [0.1, 0.15) is 25.7 Å². The van der Waals surface area contributed by atoms with Crippen LogP contribution in [0.3, 0.4) is 0 Å². The minimum absolute atomic E-state index is 0.129. The minimum atomic E-state index is -3.65. The number of ether oxygens (including phenoxy) is 1. The lowest BCUT2D eigenvalue weighted by atomic mass is 10.3. The molecule has 0 radical (unpaired) electrons. The van der Waals surface area contributed by atoms with E-state index in [2.05, 4.69) is 9.71 Å². The van der Waals surface area contributed by atoms with Crippen molar-refractivity contribution in [2.24, 2.45) is 0 Å². The molecule has 7 heteroatoms. The van der Waals surface area contributed by atoms with Gasteiger partial charge in [-0.2, -0.15) is 0 Å². The fraction of sp³-hybridized carbons (Fsp3) is 0.583. The number of anilines is 1. The molecule has 3 N–H and O–H groups in total. The first-order valence-corrected chi connectivity index (χ1v) is 7.89. The monoisotopic (exact) mass is 285 g/mol. The number of aromatic nitrogens is 1. The van der Waals surface area contributed by atoms with Gasteiger partial charge in [-0.25, -0.2) is 18.1 Å². The van der Waals surface area contributed by atoms with Crippen LogP contribution >= 0.6 is 0 Å². The second-order valence-corrected chi connectivity index (χ2v) is 6.26. The zero-order valence-corrected chi connectivity index (χ0v) is 11.5. The number of sulfonamides is 1. The van der Waals surface area contributed by atoms with Crippen LogP contribution in [-0.2, 0) is 14.8 Å². The third-order valence-corrected chi connectivity index (χ3v) is 4.54. The Morgan fingerprint density at radius 1 is 1.42 bits per heavy atom. The highest BCUT2D eigenvalue weighted by molar-refractivity contribution is 7.89. The predicted octanol–water partition coefficient (Wildman–Crippen LogP) is 0.901. The third kappa shape index (κ3) is 3.89. The van der Waals surface area contributed by atoms with Gasteiger partial charge in [-0.1, -0.05) is 12.8 Å². The molecule has 0 saturated heterocycles. The predicted molar refractivity (Wildman–Crippen MR) is 72.0 cm³/mol. The van der Waals surface area contributed by atoms with Gasteiger partial charge in [0.1, 0.15) is 0 Å². The molecular formula is C12H19N3O3S. The molecule has 0 aromatic carbocycles.